The van der Waals surface area contributed by atoms with E-state index in [1.54, 1.807) is 41.9 Å². The Balaban J connectivity index is 1.75. The molecule has 0 atom stereocenters. The van der Waals surface area contributed by atoms with Crippen LogP contribution in [0.1, 0.15) is 24.8 Å². The summed E-state index contributed by atoms with van der Waals surface area (Å²) in [5.74, 6) is 0.145. The summed E-state index contributed by atoms with van der Waals surface area (Å²) in [4.78, 5) is 13.5. The summed E-state index contributed by atoms with van der Waals surface area (Å²) in [7, 11) is -2.25. The van der Waals surface area contributed by atoms with Crippen molar-refractivity contribution < 1.29 is 13.5 Å². The van der Waals surface area contributed by atoms with Gasteiger partial charge in [-0.15, -0.1) is 4.40 Å². The summed E-state index contributed by atoms with van der Waals surface area (Å²) in [5, 5.41) is 17.5. The highest BCUT2D eigenvalue weighted by Gasteiger charge is 2.30. The third kappa shape index (κ3) is 3.34. The number of sulfonamides is 1. The van der Waals surface area contributed by atoms with E-state index in [-0.39, 0.29) is 22.0 Å². The minimum atomic E-state index is -4.01. The van der Waals surface area contributed by atoms with Gasteiger partial charge in [-0.1, -0.05) is 25.0 Å². The number of aryl methyl sites for hydroxylation is 1. The average Bonchev–Trinajstić information content (AvgIpc) is 3.57. The number of aromatic nitrogens is 1. The third-order valence-corrected chi connectivity index (χ3v) is 7.19. The van der Waals surface area contributed by atoms with Crippen molar-refractivity contribution in [2.75, 3.05) is 17.7 Å². The lowest BCUT2D eigenvalue weighted by Gasteiger charge is -2.21. The van der Waals surface area contributed by atoms with Crippen molar-refractivity contribution in [2.24, 2.45) is 10.3 Å². The molecule has 0 radical (unpaired) electrons. The zero-order chi connectivity index (χ0) is 21.8. The second kappa shape index (κ2) is 7.12. The number of anilines is 2. The van der Waals surface area contributed by atoms with Gasteiger partial charge in [0.05, 0.1) is 11.2 Å². The minimum absolute atomic E-state index is 0.0329. The lowest BCUT2D eigenvalue weighted by Crippen LogP contribution is -2.32. The van der Waals surface area contributed by atoms with Crippen molar-refractivity contribution >= 4 is 38.1 Å². The molecule has 3 aromatic rings. The molecular weight excluding hydrogens is 416 g/mol. The van der Waals surface area contributed by atoms with Crippen molar-refractivity contribution in [2.45, 2.75) is 30.7 Å². The summed E-state index contributed by atoms with van der Waals surface area (Å²) in [6.07, 6.45) is 3.17. The molecule has 9 heteroatoms. The second-order valence-corrected chi connectivity index (χ2v) is 9.50. The number of nitrogens with one attached hydrogen (secondary N) is 2. The van der Waals surface area contributed by atoms with Crippen LogP contribution in [0.25, 0.3) is 10.9 Å². The van der Waals surface area contributed by atoms with Crippen LogP contribution in [-0.2, 0) is 16.6 Å². The van der Waals surface area contributed by atoms with E-state index in [0.717, 1.165) is 24.9 Å². The molecule has 2 aliphatic rings. The molecule has 1 fully saturated rings. The Morgan fingerprint density at radius 1 is 1.23 bits per heavy atom. The highest BCUT2D eigenvalue weighted by molar-refractivity contribution is 7.90. The first-order chi connectivity index (χ1) is 14.9. The predicted octanol–water partition coefficient (Wildman–Crippen LogP) is 3.11. The summed E-state index contributed by atoms with van der Waals surface area (Å²) >= 11 is 0. The maximum atomic E-state index is 13.5. The predicted molar refractivity (Wildman–Crippen MR) is 121 cm³/mol. The number of hydrogen-bond donors (Lipinski definition) is 3. The quantitative estimate of drug-likeness (QED) is 0.564. The van der Waals surface area contributed by atoms with E-state index in [9.17, 15) is 18.3 Å². The van der Waals surface area contributed by atoms with Crippen molar-refractivity contribution in [3.8, 4) is 5.75 Å². The van der Waals surface area contributed by atoms with Gasteiger partial charge in [-0.05, 0) is 42.7 Å². The molecule has 1 aliphatic carbocycles. The highest BCUT2D eigenvalue weighted by Crippen LogP contribution is 2.35. The molecular formula is C22H22N4O4S. The van der Waals surface area contributed by atoms with Crippen LogP contribution in [0, 0.1) is 5.92 Å². The van der Waals surface area contributed by atoms with E-state index in [1.165, 1.54) is 6.07 Å². The summed E-state index contributed by atoms with van der Waals surface area (Å²) < 4.78 is 30.9. The molecule has 0 unspecified atom stereocenters. The average molecular weight is 439 g/mol. The highest BCUT2D eigenvalue weighted by atomic mass is 32.2. The van der Waals surface area contributed by atoms with E-state index in [4.69, 9.17) is 0 Å². The van der Waals surface area contributed by atoms with Crippen LogP contribution in [0.4, 0.5) is 11.4 Å². The van der Waals surface area contributed by atoms with Crippen molar-refractivity contribution in [1.82, 2.24) is 4.57 Å². The summed E-state index contributed by atoms with van der Waals surface area (Å²) in [5.41, 5.74) is 1.07. The van der Waals surface area contributed by atoms with Crippen LogP contribution in [0.2, 0.25) is 0 Å². The fourth-order valence-electron chi connectivity index (χ4n) is 3.97. The van der Waals surface area contributed by atoms with Gasteiger partial charge in [-0.2, -0.15) is 8.42 Å². The molecule has 1 aromatic heterocycles. The molecule has 1 saturated carbocycles. The van der Waals surface area contributed by atoms with Crippen molar-refractivity contribution in [1.29, 1.82) is 0 Å². The van der Waals surface area contributed by atoms with Crippen LogP contribution in [0.3, 0.4) is 0 Å². The van der Waals surface area contributed by atoms with E-state index >= 15 is 0 Å². The molecule has 0 amide bonds. The van der Waals surface area contributed by atoms with E-state index in [1.807, 2.05) is 6.07 Å². The lowest BCUT2D eigenvalue weighted by molar-refractivity contribution is 0.476. The fraction of sp³-hybridized carbons (Fsp3) is 0.273. The van der Waals surface area contributed by atoms with E-state index in [2.05, 4.69) is 15.0 Å². The molecule has 1 aliphatic heterocycles. The Morgan fingerprint density at radius 2 is 2.00 bits per heavy atom. The first-order valence-electron chi connectivity index (χ1n) is 10.2. The van der Waals surface area contributed by atoms with Gasteiger partial charge in [0.25, 0.3) is 15.6 Å². The van der Waals surface area contributed by atoms with Crippen molar-refractivity contribution in [3.05, 3.63) is 58.4 Å². The van der Waals surface area contributed by atoms with E-state index < -0.39 is 15.6 Å². The lowest BCUT2D eigenvalue weighted by atomic mass is 10.1. The topological polar surface area (TPSA) is 113 Å². The molecule has 0 spiro atoms. The number of pyridine rings is 1. The number of aromatic hydroxyl groups is 1. The zero-order valence-corrected chi connectivity index (χ0v) is 17.7. The molecule has 0 bridgehead atoms. The van der Waals surface area contributed by atoms with Gasteiger partial charge in [0, 0.05) is 24.7 Å². The van der Waals surface area contributed by atoms with Gasteiger partial charge < -0.3 is 20.3 Å². The molecule has 3 N–H and O–H groups in total. The summed E-state index contributed by atoms with van der Waals surface area (Å²) in [6, 6.07) is 11.7. The molecule has 8 nitrogen and oxygen atoms in total. The fourth-order valence-corrected chi connectivity index (χ4v) is 5.10. The standard InChI is InChI=1S/C22H22N4O4S/c1-23-14-8-9-17-15(12-14)20(27)19(22(28)26(17)11-10-13-6-7-13)21-24-16-4-2-3-5-18(16)31(29,30)25-21/h2-5,8-9,12-13,23,27H,6-7,10-11H2,1H3,(H,24,25). The monoisotopic (exact) mass is 438 g/mol. The molecule has 2 heterocycles. The zero-order valence-electron chi connectivity index (χ0n) is 16.9. The van der Waals surface area contributed by atoms with Gasteiger partial charge in [0.2, 0.25) is 0 Å². The first-order valence-corrected chi connectivity index (χ1v) is 11.6. The smallest absolute Gasteiger partial charge is 0.286 e. The van der Waals surface area contributed by atoms with Crippen LogP contribution in [-0.4, -0.2) is 31.0 Å². The number of amidine groups is 1. The first kappa shape index (κ1) is 19.6. The van der Waals surface area contributed by atoms with Gasteiger partial charge in [-0.25, -0.2) is 0 Å². The Labute approximate surface area is 179 Å². The second-order valence-electron chi connectivity index (χ2n) is 7.93. The number of rotatable bonds is 5. The maximum absolute atomic E-state index is 13.5. The Morgan fingerprint density at radius 3 is 2.74 bits per heavy atom. The molecule has 160 valence electrons. The van der Waals surface area contributed by atoms with Gasteiger partial charge >= 0.3 is 0 Å². The normalized spacial score (nSPS) is 17.0. The largest absolute Gasteiger partial charge is 0.506 e. The number of benzene rings is 2. The maximum Gasteiger partial charge on any atom is 0.286 e. The van der Waals surface area contributed by atoms with Gasteiger partial charge in [0.1, 0.15) is 16.2 Å². The number of hydrogen-bond acceptors (Lipinski definition) is 6. The number of nitrogens with zero attached hydrogens (tertiary/aromatic N) is 2. The summed E-state index contributed by atoms with van der Waals surface area (Å²) in [6.45, 7) is 0.489. The third-order valence-electron chi connectivity index (χ3n) is 5.85. The van der Waals surface area contributed by atoms with Crippen LogP contribution >= 0.6 is 0 Å². The molecule has 0 saturated heterocycles. The SMILES string of the molecule is CNc1ccc2c(c1)c(O)c(C1=NS(=O)(=O)c3ccccc3N1)c(=O)n2CCC1CC1. The van der Waals surface area contributed by atoms with E-state index in [0.29, 0.717) is 29.1 Å². The molecule has 2 aromatic carbocycles. The number of para-hydroxylation sites is 1. The minimum Gasteiger partial charge on any atom is -0.506 e. The Kier molecular flexibility index (Phi) is 4.51. The van der Waals surface area contributed by atoms with Crippen LogP contribution in [0.15, 0.2) is 56.6 Å². The molecule has 5 rings (SSSR count). The van der Waals surface area contributed by atoms with Crippen LogP contribution in [0.5, 0.6) is 5.75 Å². The molecule has 31 heavy (non-hydrogen) atoms. The van der Waals surface area contributed by atoms with Crippen molar-refractivity contribution in [3.63, 3.8) is 0 Å². The Hall–Kier alpha value is -3.33. The van der Waals surface area contributed by atoms with Gasteiger partial charge in [-0.3, -0.25) is 4.79 Å². The Bertz CT molecular complexity index is 1410. The number of fused-ring (bicyclic) bond motifs is 2. The van der Waals surface area contributed by atoms with Gasteiger partial charge in [0.15, 0.2) is 5.84 Å². The van der Waals surface area contributed by atoms with Crippen LogP contribution < -0.4 is 16.2 Å².